The Bertz CT molecular complexity index is 303. The van der Waals surface area contributed by atoms with Gasteiger partial charge in [0.15, 0.2) is 0 Å². The lowest BCUT2D eigenvalue weighted by Gasteiger charge is -2.31. The normalized spacial score (nSPS) is 19.6. The summed E-state index contributed by atoms with van der Waals surface area (Å²) in [4.78, 5) is 7.01. The molecule has 3 nitrogen and oxygen atoms in total. The van der Waals surface area contributed by atoms with E-state index in [2.05, 4.69) is 34.6 Å². The van der Waals surface area contributed by atoms with Crippen LogP contribution < -0.4 is 5.32 Å². The minimum atomic E-state index is 0.722. The summed E-state index contributed by atoms with van der Waals surface area (Å²) < 4.78 is 0. The first-order valence-electron chi connectivity index (χ1n) is 5.58. The molecule has 0 spiro atoms. The topological polar surface area (TPSA) is 28.2 Å². The zero-order chi connectivity index (χ0) is 10.7. The maximum atomic E-state index is 4.51. The number of thiazole rings is 1. The van der Waals surface area contributed by atoms with Gasteiger partial charge in [0, 0.05) is 30.2 Å². The summed E-state index contributed by atoms with van der Waals surface area (Å²) in [6.45, 7) is 5.50. The highest BCUT2D eigenvalue weighted by atomic mass is 32.1. The number of aryl methyl sites for hydroxylation is 1. The summed E-state index contributed by atoms with van der Waals surface area (Å²) in [5.41, 5.74) is 1.15. The van der Waals surface area contributed by atoms with Crippen LogP contribution in [-0.4, -0.2) is 36.1 Å². The fourth-order valence-corrected chi connectivity index (χ4v) is 2.86. The predicted molar refractivity (Wildman–Crippen MR) is 64.2 cm³/mol. The van der Waals surface area contributed by atoms with Gasteiger partial charge in [-0.2, -0.15) is 0 Å². The van der Waals surface area contributed by atoms with Crippen LogP contribution in [0.1, 0.15) is 23.5 Å². The number of hydrogen-bond donors (Lipinski definition) is 1. The quantitative estimate of drug-likeness (QED) is 0.847. The van der Waals surface area contributed by atoms with E-state index < -0.39 is 0 Å². The van der Waals surface area contributed by atoms with E-state index in [-0.39, 0.29) is 0 Å². The summed E-state index contributed by atoms with van der Waals surface area (Å²) in [6.07, 6.45) is 2.53. The molecule has 1 fully saturated rings. The van der Waals surface area contributed by atoms with Crippen molar-refractivity contribution in [1.82, 2.24) is 15.2 Å². The number of hydrogen-bond acceptors (Lipinski definition) is 4. The van der Waals surface area contributed by atoms with Gasteiger partial charge in [-0.25, -0.2) is 4.98 Å². The fourth-order valence-electron chi connectivity index (χ4n) is 2.05. The van der Waals surface area contributed by atoms with E-state index in [1.807, 2.05) is 0 Å². The summed E-state index contributed by atoms with van der Waals surface area (Å²) in [6, 6.07) is 0.722. The Morgan fingerprint density at radius 1 is 1.53 bits per heavy atom. The molecule has 2 heterocycles. The smallest absolute Gasteiger partial charge is 0.107 e. The van der Waals surface area contributed by atoms with Crippen molar-refractivity contribution < 1.29 is 0 Å². The minimum absolute atomic E-state index is 0.722. The molecule has 2 rings (SSSR count). The summed E-state index contributed by atoms with van der Waals surface area (Å²) in [5.74, 6) is 0. The van der Waals surface area contributed by atoms with Gasteiger partial charge in [-0.3, -0.25) is 4.90 Å². The Kier molecular flexibility index (Phi) is 3.72. The highest BCUT2D eigenvalue weighted by molar-refractivity contribution is 7.09. The lowest BCUT2D eigenvalue weighted by atomic mass is 10.1. The summed E-state index contributed by atoms with van der Waals surface area (Å²) >= 11 is 1.78. The van der Waals surface area contributed by atoms with Crippen molar-refractivity contribution in [2.24, 2.45) is 0 Å². The fraction of sp³-hybridized carbons (Fsp3) is 0.727. The Balaban J connectivity index is 1.82. The molecule has 15 heavy (non-hydrogen) atoms. The van der Waals surface area contributed by atoms with Gasteiger partial charge in [0.25, 0.3) is 0 Å². The van der Waals surface area contributed by atoms with Gasteiger partial charge < -0.3 is 5.32 Å². The van der Waals surface area contributed by atoms with Crippen molar-refractivity contribution in [3.05, 3.63) is 16.1 Å². The van der Waals surface area contributed by atoms with Crippen molar-refractivity contribution in [3.63, 3.8) is 0 Å². The standard InChI is InChI=1S/C11H19N3S/c1-9-8-15-11(13-9)7-14-5-3-10(12-2)4-6-14/h8,10,12H,3-7H2,1-2H3. The number of rotatable bonds is 3. The van der Waals surface area contributed by atoms with Crippen LogP contribution in [0.5, 0.6) is 0 Å². The van der Waals surface area contributed by atoms with Crippen LogP contribution in [0, 0.1) is 6.92 Å². The van der Waals surface area contributed by atoms with Crippen molar-refractivity contribution in [2.45, 2.75) is 32.4 Å². The predicted octanol–water partition coefficient (Wildman–Crippen LogP) is 1.64. The number of aromatic nitrogens is 1. The van der Waals surface area contributed by atoms with Gasteiger partial charge in [-0.15, -0.1) is 11.3 Å². The molecule has 0 amide bonds. The molecule has 0 radical (unpaired) electrons. The molecule has 1 N–H and O–H groups in total. The van der Waals surface area contributed by atoms with E-state index in [1.165, 1.54) is 30.9 Å². The Morgan fingerprint density at radius 3 is 2.80 bits per heavy atom. The Labute approximate surface area is 95.5 Å². The largest absolute Gasteiger partial charge is 0.317 e. The van der Waals surface area contributed by atoms with Gasteiger partial charge >= 0.3 is 0 Å². The SMILES string of the molecule is CNC1CCN(Cc2nc(C)cs2)CC1. The molecule has 0 saturated carbocycles. The van der Waals surface area contributed by atoms with Crippen LogP contribution in [0.2, 0.25) is 0 Å². The number of nitrogens with zero attached hydrogens (tertiary/aromatic N) is 2. The van der Waals surface area contributed by atoms with Crippen LogP contribution in [0.4, 0.5) is 0 Å². The van der Waals surface area contributed by atoms with E-state index in [0.29, 0.717) is 0 Å². The second kappa shape index (κ2) is 5.05. The van der Waals surface area contributed by atoms with Crippen LogP contribution in [-0.2, 0) is 6.54 Å². The first kappa shape index (κ1) is 11.0. The molecular formula is C11H19N3S. The molecule has 0 aromatic carbocycles. The van der Waals surface area contributed by atoms with Crippen molar-refractivity contribution in [1.29, 1.82) is 0 Å². The highest BCUT2D eigenvalue weighted by Crippen LogP contribution is 2.16. The molecular weight excluding hydrogens is 206 g/mol. The molecule has 0 aliphatic carbocycles. The zero-order valence-corrected chi connectivity index (χ0v) is 10.3. The molecule has 0 atom stereocenters. The summed E-state index contributed by atoms with van der Waals surface area (Å²) in [5, 5.41) is 6.75. The molecule has 84 valence electrons. The average Bonchev–Trinajstić information content (AvgIpc) is 2.65. The second-order valence-corrected chi connectivity index (χ2v) is 5.16. The van der Waals surface area contributed by atoms with E-state index in [1.54, 1.807) is 11.3 Å². The van der Waals surface area contributed by atoms with Gasteiger partial charge in [-0.05, 0) is 26.8 Å². The van der Waals surface area contributed by atoms with Crippen molar-refractivity contribution in [2.75, 3.05) is 20.1 Å². The third-order valence-corrected chi connectivity index (χ3v) is 3.97. The lowest BCUT2D eigenvalue weighted by Crippen LogP contribution is -2.40. The molecule has 1 aromatic heterocycles. The molecule has 1 aliphatic rings. The van der Waals surface area contributed by atoms with Gasteiger partial charge in [-0.1, -0.05) is 0 Å². The Hall–Kier alpha value is -0.450. The van der Waals surface area contributed by atoms with Crippen LogP contribution in [0.15, 0.2) is 5.38 Å². The Morgan fingerprint density at radius 2 is 2.27 bits per heavy atom. The van der Waals surface area contributed by atoms with E-state index in [4.69, 9.17) is 0 Å². The first-order valence-corrected chi connectivity index (χ1v) is 6.46. The highest BCUT2D eigenvalue weighted by Gasteiger charge is 2.18. The van der Waals surface area contributed by atoms with E-state index in [0.717, 1.165) is 18.3 Å². The van der Waals surface area contributed by atoms with Gasteiger partial charge in [0.1, 0.15) is 5.01 Å². The second-order valence-electron chi connectivity index (χ2n) is 4.22. The monoisotopic (exact) mass is 225 g/mol. The average molecular weight is 225 g/mol. The van der Waals surface area contributed by atoms with E-state index in [9.17, 15) is 0 Å². The molecule has 4 heteroatoms. The third-order valence-electron chi connectivity index (χ3n) is 3.02. The third kappa shape index (κ3) is 3.00. The number of nitrogens with one attached hydrogen (secondary N) is 1. The molecule has 1 aromatic rings. The van der Waals surface area contributed by atoms with Crippen molar-refractivity contribution in [3.8, 4) is 0 Å². The van der Waals surface area contributed by atoms with Gasteiger partial charge in [0.05, 0.1) is 6.54 Å². The van der Waals surface area contributed by atoms with Gasteiger partial charge in [0.2, 0.25) is 0 Å². The first-order chi connectivity index (χ1) is 7.28. The number of piperidine rings is 1. The molecule has 0 unspecified atom stereocenters. The van der Waals surface area contributed by atoms with Crippen LogP contribution in [0.3, 0.4) is 0 Å². The van der Waals surface area contributed by atoms with E-state index >= 15 is 0 Å². The zero-order valence-electron chi connectivity index (χ0n) is 9.49. The minimum Gasteiger partial charge on any atom is -0.317 e. The number of likely N-dealkylation sites (tertiary alicyclic amines) is 1. The van der Waals surface area contributed by atoms with Crippen LogP contribution in [0.25, 0.3) is 0 Å². The maximum absolute atomic E-state index is 4.51. The molecule has 1 aliphatic heterocycles. The van der Waals surface area contributed by atoms with Crippen molar-refractivity contribution >= 4 is 11.3 Å². The molecule has 1 saturated heterocycles. The van der Waals surface area contributed by atoms with Crippen LogP contribution >= 0.6 is 11.3 Å². The lowest BCUT2D eigenvalue weighted by molar-refractivity contribution is 0.194. The maximum Gasteiger partial charge on any atom is 0.107 e. The summed E-state index contributed by atoms with van der Waals surface area (Å²) in [7, 11) is 2.06. The molecule has 0 bridgehead atoms.